The van der Waals surface area contributed by atoms with Crippen LogP contribution in [0.1, 0.15) is 38.5 Å². The smallest absolute Gasteiger partial charge is 0.325 e. The van der Waals surface area contributed by atoms with Gasteiger partial charge in [0.05, 0.1) is 0 Å². The van der Waals surface area contributed by atoms with Crippen LogP contribution in [0.5, 0.6) is 0 Å². The number of carbonyl (C=O) groups excluding carboxylic acids is 3. The van der Waals surface area contributed by atoms with E-state index in [1.54, 1.807) is 4.90 Å². The molecule has 0 bridgehead atoms. The summed E-state index contributed by atoms with van der Waals surface area (Å²) in [6, 6.07) is -0.407. The average Bonchev–Trinajstić information content (AvgIpc) is 3.10. The van der Waals surface area contributed by atoms with E-state index in [0.717, 1.165) is 37.1 Å². The summed E-state index contributed by atoms with van der Waals surface area (Å²) >= 11 is 0. The maximum atomic E-state index is 12.6. The van der Waals surface area contributed by atoms with E-state index in [1.807, 2.05) is 7.05 Å². The van der Waals surface area contributed by atoms with Crippen molar-refractivity contribution in [1.82, 2.24) is 20.4 Å². The summed E-state index contributed by atoms with van der Waals surface area (Å²) < 4.78 is 0. The highest BCUT2D eigenvalue weighted by molar-refractivity contribution is 6.09. The third-order valence-corrected chi connectivity index (χ3v) is 5.46. The van der Waals surface area contributed by atoms with Crippen LogP contribution < -0.4 is 10.6 Å². The monoisotopic (exact) mass is 322 g/mol. The van der Waals surface area contributed by atoms with Gasteiger partial charge >= 0.3 is 6.03 Å². The Kier molecular flexibility index (Phi) is 4.57. The Labute approximate surface area is 136 Å². The fraction of sp³-hybridized carbons (Fsp3) is 0.812. The molecule has 1 spiro atoms. The molecule has 3 rings (SSSR count). The van der Waals surface area contributed by atoms with Crippen molar-refractivity contribution < 1.29 is 14.4 Å². The standard InChI is InChI=1S/C16H26N4O3/c1-17-10-12-4-8-19(9-5-12)13(21)11-20-14(22)16(18-15(20)23)6-2-3-7-16/h12,17H,2-11H2,1H3,(H,18,23). The Morgan fingerprint density at radius 1 is 1.26 bits per heavy atom. The molecule has 128 valence electrons. The minimum atomic E-state index is -0.725. The first kappa shape index (κ1) is 16.2. The van der Waals surface area contributed by atoms with Crippen molar-refractivity contribution in [3.8, 4) is 0 Å². The van der Waals surface area contributed by atoms with Gasteiger partial charge in [0.25, 0.3) is 5.91 Å². The second kappa shape index (κ2) is 6.47. The van der Waals surface area contributed by atoms with Crippen LogP contribution in [0.15, 0.2) is 0 Å². The van der Waals surface area contributed by atoms with E-state index in [-0.39, 0.29) is 18.4 Å². The molecular weight excluding hydrogens is 296 g/mol. The number of likely N-dealkylation sites (tertiary alicyclic amines) is 1. The molecule has 2 aliphatic heterocycles. The number of rotatable bonds is 4. The first-order chi connectivity index (χ1) is 11.1. The summed E-state index contributed by atoms with van der Waals surface area (Å²) in [6.45, 7) is 2.26. The van der Waals surface area contributed by atoms with E-state index in [0.29, 0.717) is 31.8 Å². The van der Waals surface area contributed by atoms with Gasteiger partial charge in [-0.1, -0.05) is 12.8 Å². The van der Waals surface area contributed by atoms with Gasteiger partial charge < -0.3 is 15.5 Å². The zero-order chi connectivity index (χ0) is 16.4. The van der Waals surface area contributed by atoms with Gasteiger partial charge in [-0.3, -0.25) is 14.5 Å². The van der Waals surface area contributed by atoms with Crippen molar-refractivity contribution >= 4 is 17.8 Å². The van der Waals surface area contributed by atoms with E-state index >= 15 is 0 Å². The first-order valence-corrected chi connectivity index (χ1v) is 8.62. The van der Waals surface area contributed by atoms with Crippen LogP contribution in [-0.2, 0) is 9.59 Å². The normalized spacial score (nSPS) is 24.6. The molecular formula is C16H26N4O3. The molecule has 0 radical (unpaired) electrons. The number of amides is 4. The summed E-state index contributed by atoms with van der Waals surface area (Å²) in [6.07, 6.45) is 5.22. The zero-order valence-electron chi connectivity index (χ0n) is 13.8. The molecule has 0 aromatic carbocycles. The summed E-state index contributed by atoms with van der Waals surface area (Å²) in [5, 5.41) is 5.99. The van der Waals surface area contributed by atoms with Gasteiger partial charge in [-0.25, -0.2) is 4.79 Å². The fourth-order valence-electron chi connectivity index (χ4n) is 4.05. The van der Waals surface area contributed by atoms with Crippen LogP contribution in [0.3, 0.4) is 0 Å². The van der Waals surface area contributed by atoms with Crippen molar-refractivity contribution in [2.45, 2.75) is 44.1 Å². The highest BCUT2D eigenvalue weighted by atomic mass is 16.2. The highest BCUT2D eigenvalue weighted by Gasteiger charge is 2.52. The predicted octanol–water partition coefficient (Wildman–Crippen LogP) is 0.309. The second-order valence-electron chi connectivity index (χ2n) is 6.99. The molecule has 1 saturated carbocycles. The van der Waals surface area contributed by atoms with Crippen molar-refractivity contribution in [2.24, 2.45) is 5.92 Å². The van der Waals surface area contributed by atoms with Crippen molar-refractivity contribution in [1.29, 1.82) is 0 Å². The highest BCUT2D eigenvalue weighted by Crippen LogP contribution is 2.35. The predicted molar refractivity (Wildman–Crippen MR) is 84.7 cm³/mol. The molecule has 3 fully saturated rings. The number of hydrogen-bond acceptors (Lipinski definition) is 4. The van der Waals surface area contributed by atoms with Crippen LogP contribution in [0, 0.1) is 5.92 Å². The Morgan fingerprint density at radius 2 is 1.91 bits per heavy atom. The molecule has 2 N–H and O–H groups in total. The summed E-state index contributed by atoms with van der Waals surface area (Å²) in [4.78, 5) is 40.0. The molecule has 7 heteroatoms. The number of nitrogens with zero attached hydrogens (tertiary/aromatic N) is 2. The van der Waals surface area contributed by atoms with E-state index in [9.17, 15) is 14.4 Å². The Hall–Kier alpha value is -1.63. The molecule has 2 heterocycles. The lowest BCUT2D eigenvalue weighted by atomic mass is 9.96. The van der Waals surface area contributed by atoms with Gasteiger partial charge in [-0.05, 0) is 45.2 Å². The average molecular weight is 322 g/mol. The van der Waals surface area contributed by atoms with Gasteiger partial charge in [-0.15, -0.1) is 0 Å². The number of imide groups is 1. The maximum Gasteiger partial charge on any atom is 0.325 e. The minimum Gasteiger partial charge on any atom is -0.341 e. The number of hydrogen-bond donors (Lipinski definition) is 2. The second-order valence-corrected chi connectivity index (χ2v) is 6.99. The molecule has 0 unspecified atom stereocenters. The minimum absolute atomic E-state index is 0.119. The van der Waals surface area contributed by atoms with Gasteiger partial charge in [0, 0.05) is 13.1 Å². The van der Waals surface area contributed by atoms with Gasteiger partial charge in [-0.2, -0.15) is 0 Å². The Bertz CT molecular complexity index is 494. The van der Waals surface area contributed by atoms with Crippen LogP contribution in [0.2, 0.25) is 0 Å². The van der Waals surface area contributed by atoms with Crippen molar-refractivity contribution in [2.75, 3.05) is 33.2 Å². The fourth-order valence-corrected chi connectivity index (χ4v) is 4.05. The number of carbonyl (C=O) groups is 3. The Balaban J connectivity index is 1.56. The largest absolute Gasteiger partial charge is 0.341 e. The molecule has 3 aliphatic rings. The van der Waals surface area contributed by atoms with Gasteiger partial charge in [0.2, 0.25) is 5.91 Å². The van der Waals surface area contributed by atoms with E-state index in [2.05, 4.69) is 10.6 Å². The van der Waals surface area contributed by atoms with Gasteiger partial charge in [0.1, 0.15) is 12.1 Å². The van der Waals surface area contributed by atoms with E-state index in [4.69, 9.17) is 0 Å². The van der Waals surface area contributed by atoms with Crippen molar-refractivity contribution in [3.05, 3.63) is 0 Å². The third-order valence-electron chi connectivity index (χ3n) is 5.46. The van der Waals surface area contributed by atoms with Crippen LogP contribution in [0.4, 0.5) is 4.79 Å². The summed E-state index contributed by atoms with van der Waals surface area (Å²) in [5.41, 5.74) is -0.725. The molecule has 0 atom stereocenters. The van der Waals surface area contributed by atoms with E-state index in [1.165, 1.54) is 0 Å². The molecule has 7 nitrogen and oxygen atoms in total. The maximum absolute atomic E-state index is 12.6. The summed E-state index contributed by atoms with van der Waals surface area (Å²) in [5.74, 6) is 0.271. The number of piperidine rings is 1. The topological polar surface area (TPSA) is 81.8 Å². The molecule has 23 heavy (non-hydrogen) atoms. The SMILES string of the molecule is CNCC1CCN(C(=O)CN2C(=O)NC3(CCCC3)C2=O)CC1. The molecule has 0 aromatic rings. The molecule has 4 amide bonds. The lowest BCUT2D eigenvalue weighted by Crippen LogP contribution is -2.48. The molecule has 0 aromatic heterocycles. The molecule has 2 saturated heterocycles. The Morgan fingerprint density at radius 3 is 2.52 bits per heavy atom. The third kappa shape index (κ3) is 3.06. The quantitative estimate of drug-likeness (QED) is 0.730. The lowest BCUT2D eigenvalue weighted by molar-refractivity contribution is -0.139. The lowest BCUT2D eigenvalue weighted by Gasteiger charge is -2.32. The summed E-state index contributed by atoms with van der Waals surface area (Å²) in [7, 11) is 1.94. The van der Waals surface area contributed by atoms with Crippen LogP contribution in [0.25, 0.3) is 0 Å². The van der Waals surface area contributed by atoms with Crippen molar-refractivity contribution in [3.63, 3.8) is 0 Å². The number of nitrogens with one attached hydrogen (secondary N) is 2. The van der Waals surface area contributed by atoms with E-state index < -0.39 is 11.6 Å². The first-order valence-electron chi connectivity index (χ1n) is 8.62. The number of urea groups is 1. The zero-order valence-corrected chi connectivity index (χ0v) is 13.8. The van der Waals surface area contributed by atoms with Crippen LogP contribution >= 0.6 is 0 Å². The molecule has 1 aliphatic carbocycles. The van der Waals surface area contributed by atoms with Gasteiger partial charge in [0.15, 0.2) is 0 Å². The van der Waals surface area contributed by atoms with Crippen LogP contribution in [-0.4, -0.2) is 66.4 Å².